The zero-order chi connectivity index (χ0) is 19.3. The Morgan fingerprint density at radius 2 is 1.65 bits per heavy atom. The van der Waals surface area contributed by atoms with Gasteiger partial charge in [0.2, 0.25) is 0 Å². The van der Waals surface area contributed by atoms with Crippen LogP contribution in [0.15, 0.2) is 60.7 Å². The van der Waals surface area contributed by atoms with Gasteiger partial charge in [-0.1, -0.05) is 65.1 Å². The smallest absolute Gasteiger partial charge is 0.301 e. The second kappa shape index (κ2) is 8.94. The van der Waals surface area contributed by atoms with Crippen LogP contribution >= 0.6 is 34.8 Å². The summed E-state index contributed by atoms with van der Waals surface area (Å²) in [6, 6.07) is 18.0. The molecule has 0 radical (unpaired) electrons. The van der Waals surface area contributed by atoms with Gasteiger partial charge >= 0.3 is 4.59 Å². The van der Waals surface area contributed by atoms with Crippen molar-refractivity contribution in [2.24, 2.45) is 5.14 Å². The summed E-state index contributed by atoms with van der Waals surface area (Å²) >= 11 is 14.6. The van der Waals surface area contributed by atoms with Crippen molar-refractivity contribution in [3.8, 4) is 16.9 Å². The van der Waals surface area contributed by atoms with Crippen molar-refractivity contribution in [1.82, 2.24) is 9.78 Å². The topological polar surface area (TPSA) is 84.0 Å². The van der Waals surface area contributed by atoms with Gasteiger partial charge in [-0.05, 0) is 30.3 Å². The van der Waals surface area contributed by atoms with Gasteiger partial charge in [-0.3, -0.25) is 9.35 Å². The highest BCUT2D eigenvalue weighted by Crippen LogP contribution is 2.37. The molecule has 138 valence electrons. The van der Waals surface area contributed by atoms with Gasteiger partial charge in [0, 0.05) is 21.9 Å². The highest BCUT2D eigenvalue weighted by atomic mass is 35.5. The van der Waals surface area contributed by atoms with E-state index in [2.05, 4.69) is 10.2 Å². The Balaban J connectivity index is 0.000000552. The van der Waals surface area contributed by atoms with E-state index in [1.807, 2.05) is 42.5 Å². The molecule has 0 amide bonds. The lowest BCUT2D eigenvalue weighted by Crippen LogP contribution is -2.05. The van der Waals surface area contributed by atoms with Gasteiger partial charge in [-0.2, -0.15) is 5.10 Å². The molecule has 26 heavy (non-hydrogen) atoms. The van der Waals surface area contributed by atoms with E-state index in [-0.39, 0.29) is 5.69 Å². The van der Waals surface area contributed by atoms with Gasteiger partial charge in [0.1, 0.15) is 5.69 Å². The summed E-state index contributed by atoms with van der Waals surface area (Å²) < 4.78 is 30.4. The van der Waals surface area contributed by atoms with Crippen LogP contribution in [-0.2, 0) is 15.9 Å². The quantitative estimate of drug-likeness (QED) is 0.486. The maximum absolute atomic E-state index is 13.8. The zero-order valence-electron chi connectivity index (χ0n) is 13.0. The summed E-state index contributed by atoms with van der Waals surface area (Å²) in [6.07, 6.45) is 0. The molecule has 2 aromatic carbocycles. The third-order valence-corrected chi connectivity index (χ3v) is 3.78. The summed E-state index contributed by atoms with van der Waals surface area (Å²) in [4.78, 5) is 0. The Labute approximate surface area is 166 Å². The fourth-order valence-corrected chi connectivity index (χ4v) is 2.42. The molecule has 2 N–H and O–H groups in total. The van der Waals surface area contributed by atoms with Crippen LogP contribution in [0, 0.1) is 0 Å². The van der Waals surface area contributed by atoms with Crippen LogP contribution in [0.25, 0.3) is 16.9 Å². The standard InChI is InChI=1S/C16H10Cl3FN2.H3NO2S/c17-12-8-6-11(7-9-12)14-10-15(16(18,19)20)21-22(14)13-4-2-1-3-5-13;1-4(2)3/h1-10H;1H2,(H,2,3)/p-1. The number of aromatic nitrogens is 2. The van der Waals surface area contributed by atoms with Gasteiger partial charge < -0.3 is 4.55 Å². The maximum Gasteiger partial charge on any atom is 0.301 e. The van der Waals surface area contributed by atoms with E-state index in [1.54, 1.807) is 16.8 Å². The molecule has 1 heterocycles. The third-order valence-electron chi connectivity index (χ3n) is 3.14. The van der Waals surface area contributed by atoms with Crippen molar-refractivity contribution in [2.45, 2.75) is 4.59 Å². The minimum absolute atomic E-state index is 0.0652. The van der Waals surface area contributed by atoms with Crippen molar-refractivity contribution < 1.29 is 13.2 Å². The molecule has 0 saturated carbocycles. The van der Waals surface area contributed by atoms with Crippen molar-refractivity contribution in [1.29, 1.82) is 0 Å². The minimum atomic E-state index is -2.55. The van der Waals surface area contributed by atoms with E-state index >= 15 is 0 Å². The highest BCUT2D eigenvalue weighted by molar-refractivity contribution is 7.76. The zero-order valence-corrected chi connectivity index (χ0v) is 16.1. The Hall–Kier alpha value is -1.48. The summed E-state index contributed by atoms with van der Waals surface area (Å²) in [5, 5.41) is 8.84. The van der Waals surface area contributed by atoms with Gasteiger partial charge in [-0.15, -0.1) is 0 Å². The molecule has 0 fully saturated rings. The summed E-state index contributed by atoms with van der Waals surface area (Å²) in [7, 11) is 0. The lowest BCUT2D eigenvalue weighted by atomic mass is 10.1. The van der Waals surface area contributed by atoms with E-state index in [1.165, 1.54) is 6.07 Å². The van der Waals surface area contributed by atoms with E-state index in [4.69, 9.17) is 43.6 Å². The highest BCUT2D eigenvalue weighted by Gasteiger charge is 2.30. The van der Waals surface area contributed by atoms with Gasteiger partial charge in [-0.25, -0.2) is 9.07 Å². The van der Waals surface area contributed by atoms with Crippen LogP contribution in [0.5, 0.6) is 0 Å². The normalized spacial score (nSPS) is 12.2. The second-order valence-electron chi connectivity index (χ2n) is 4.93. The molecular formula is C16H12Cl3FN3O2S-. The molecule has 0 aliphatic rings. The SMILES string of the molecule is FC(Cl)(Cl)c1cc(-c2ccc(Cl)cc2)n(-c2ccccc2)n1.NS(=O)[O-]. The number of alkyl halides is 3. The molecule has 0 spiro atoms. The Bertz CT molecular complexity index is 880. The molecule has 1 unspecified atom stereocenters. The Morgan fingerprint density at radius 3 is 2.15 bits per heavy atom. The van der Waals surface area contributed by atoms with Crippen LogP contribution in [0.2, 0.25) is 5.02 Å². The predicted molar refractivity (Wildman–Crippen MR) is 102 cm³/mol. The van der Waals surface area contributed by atoms with Gasteiger partial charge in [0.25, 0.3) is 0 Å². The van der Waals surface area contributed by atoms with Crippen molar-refractivity contribution in [3.05, 3.63) is 71.4 Å². The maximum atomic E-state index is 13.8. The van der Waals surface area contributed by atoms with Crippen LogP contribution in [0.4, 0.5) is 4.39 Å². The first-order chi connectivity index (χ1) is 12.2. The average molecular weight is 436 g/mol. The van der Waals surface area contributed by atoms with Crippen molar-refractivity contribution >= 4 is 46.1 Å². The Morgan fingerprint density at radius 1 is 1.12 bits per heavy atom. The van der Waals surface area contributed by atoms with E-state index < -0.39 is 15.9 Å². The fourth-order valence-electron chi connectivity index (χ4n) is 2.11. The molecule has 1 atom stereocenters. The van der Waals surface area contributed by atoms with Gasteiger partial charge in [0.05, 0.1) is 11.4 Å². The number of benzene rings is 2. The van der Waals surface area contributed by atoms with Crippen LogP contribution < -0.4 is 5.14 Å². The minimum Gasteiger partial charge on any atom is -0.760 e. The molecule has 3 aromatic rings. The summed E-state index contributed by atoms with van der Waals surface area (Å²) in [5.74, 6) is 0. The molecule has 0 aliphatic carbocycles. The van der Waals surface area contributed by atoms with Crippen LogP contribution in [-0.4, -0.2) is 18.5 Å². The molecular weight excluding hydrogens is 424 g/mol. The molecule has 0 aliphatic heterocycles. The monoisotopic (exact) mass is 434 g/mol. The number of nitrogens with two attached hydrogens (primary N) is 1. The summed E-state index contributed by atoms with van der Waals surface area (Å²) in [6.45, 7) is 0. The molecule has 10 heteroatoms. The van der Waals surface area contributed by atoms with E-state index in [0.717, 1.165) is 11.3 Å². The first-order valence-corrected chi connectivity index (χ1v) is 9.28. The average Bonchev–Trinajstić information content (AvgIpc) is 3.01. The number of nitrogens with zero attached hydrogens (tertiary/aromatic N) is 2. The second-order valence-corrected chi connectivity index (χ2v) is 7.12. The summed E-state index contributed by atoms with van der Waals surface area (Å²) in [5.41, 5.74) is 2.20. The lowest BCUT2D eigenvalue weighted by Gasteiger charge is -2.07. The molecule has 3 rings (SSSR count). The largest absolute Gasteiger partial charge is 0.760 e. The first-order valence-electron chi connectivity index (χ1n) is 7.01. The third kappa shape index (κ3) is 5.77. The van der Waals surface area contributed by atoms with E-state index in [0.29, 0.717) is 10.7 Å². The Kier molecular flexibility index (Phi) is 7.16. The number of halogens is 4. The number of para-hydroxylation sites is 1. The lowest BCUT2D eigenvalue weighted by molar-refractivity contribution is 0.394. The molecule has 5 nitrogen and oxygen atoms in total. The van der Waals surface area contributed by atoms with Crippen LogP contribution in [0.3, 0.4) is 0 Å². The fraction of sp³-hybridized carbons (Fsp3) is 0.0625. The van der Waals surface area contributed by atoms with Crippen molar-refractivity contribution in [2.75, 3.05) is 0 Å². The molecule has 0 saturated heterocycles. The number of hydrogen-bond acceptors (Lipinski definition) is 3. The van der Waals surface area contributed by atoms with E-state index in [9.17, 15) is 4.39 Å². The van der Waals surface area contributed by atoms with Gasteiger partial charge in [0.15, 0.2) is 0 Å². The van der Waals surface area contributed by atoms with Crippen LogP contribution in [0.1, 0.15) is 5.69 Å². The predicted octanol–water partition coefficient (Wildman–Crippen LogP) is 4.49. The molecule has 1 aromatic heterocycles. The number of rotatable bonds is 3. The molecule has 0 bridgehead atoms. The van der Waals surface area contributed by atoms with Crippen molar-refractivity contribution in [3.63, 3.8) is 0 Å². The first kappa shape index (κ1) is 20.8. The number of hydrogen-bond donors (Lipinski definition) is 1.